The molecule has 0 heterocycles. The smallest absolute Gasteiger partial charge is 0.240 e. The van der Waals surface area contributed by atoms with Crippen LogP contribution in [0.3, 0.4) is 0 Å². The summed E-state index contributed by atoms with van der Waals surface area (Å²) < 4.78 is 0. The maximum atomic E-state index is 11.7. The van der Waals surface area contributed by atoms with Gasteiger partial charge in [0.1, 0.15) is 0 Å². The van der Waals surface area contributed by atoms with Crippen molar-refractivity contribution in [1.29, 1.82) is 0 Å². The fraction of sp³-hybridized carbons (Fsp3) is 0.238. The zero-order chi connectivity index (χ0) is 19.2. The van der Waals surface area contributed by atoms with E-state index in [4.69, 9.17) is 0 Å². The first-order chi connectivity index (χ1) is 13.2. The number of carbonyl (C=O) groups excluding carboxylic acids is 2. The van der Waals surface area contributed by atoms with Crippen molar-refractivity contribution in [3.8, 4) is 0 Å². The highest BCUT2D eigenvalue weighted by Crippen LogP contribution is 2.03. The zero-order valence-corrected chi connectivity index (χ0v) is 15.2. The minimum atomic E-state index is -0.126. The molecule has 2 aromatic carbocycles. The van der Waals surface area contributed by atoms with E-state index in [0.717, 1.165) is 17.5 Å². The number of benzene rings is 2. The molecule has 0 fully saturated rings. The van der Waals surface area contributed by atoms with Crippen LogP contribution < -0.4 is 10.9 Å². The summed E-state index contributed by atoms with van der Waals surface area (Å²) in [6.45, 7) is 0. The van der Waals surface area contributed by atoms with E-state index in [9.17, 15) is 9.59 Å². The van der Waals surface area contributed by atoms with Gasteiger partial charge in [0.25, 0.3) is 0 Å². The van der Waals surface area contributed by atoms with Crippen LogP contribution in [-0.4, -0.2) is 24.2 Å². The van der Waals surface area contributed by atoms with Crippen LogP contribution >= 0.6 is 0 Å². The summed E-state index contributed by atoms with van der Waals surface area (Å²) >= 11 is 0. The van der Waals surface area contributed by atoms with E-state index < -0.39 is 0 Å². The molecule has 0 aromatic heterocycles. The second-order valence-electron chi connectivity index (χ2n) is 5.97. The van der Waals surface area contributed by atoms with E-state index in [2.05, 4.69) is 21.1 Å². The van der Waals surface area contributed by atoms with E-state index in [-0.39, 0.29) is 11.8 Å². The van der Waals surface area contributed by atoms with Crippen LogP contribution in [0.25, 0.3) is 0 Å². The van der Waals surface area contributed by atoms with E-state index in [0.29, 0.717) is 25.7 Å². The van der Waals surface area contributed by atoms with Crippen LogP contribution in [0.4, 0.5) is 0 Å². The summed E-state index contributed by atoms with van der Waals surface area (Å²) in [6.07, 6.45) is 6.22. The molecular formula is C21H24N4O2. The average Bonchev–Trinajstić information content (AvgIpc) is 2.69. The van der Waals surface area contributed by atoms with Crippen LogP contribution in [0.15, 0.2) is 70.9 Å². The number of nitrogens with one attached hydrogen (secondary N) is 2. The predicted octanol–water partition coefficient (Wildman–Crippen LogP) is 3.24. The maximum absolute atomic E-state index is 11.7. The molecule has 0 aliphatic carbocycles. The first-order valence-corrected chi connectivity index (χ1v) is 8.98. The summed E-state index contributed by atoms with van der Waals surface area (Å²) in [5.74, 6) is -0.252. The first kappa shape index (κ1) is 20.0. The van der Waals surface area contributed by atoms with Gasteiger partial charge in [-0.25, -0.2) is 10.9 Å². The number of rotatable bonds is 10. The molecule has 2 N–H and O–H groups in total. The topological polar surface area (TPSA) is 82.9 Å². The zero-order valence-electron chi connectivity index (χ0n) is 15.2. The summed E-state index contributed by atoms with van der Waals surface area (Å²) in [6, 6.07) is 19.1. The molecule has 140 valence electrons. The third-order valence-corrected chi connectivity index (χ3v) is 3.71. The molecule has 6 heteroatoms. The van der Waals surface area contributed by atoms with Crippen molar-refractivity contribution in [1.82, 2.24) is 10.9 Å². The molecule has 6 nitrogen and oxygen atoms in total. The fourth-order valence-corrected chi connectivity index (χ4v) is 2.30. The van der Waals surface area contributed by atoms with Gasteiger partial charge in [-0.15, -0.1) is 0 Å². The quantitative estimate of drug-likeness (QED) is 0.385. The van der Waals surface area contributed by atoms with Gasteiger partial charge in [0, 0.05) is 12.8 Å². The molecule has 0 radical (unpaired) electrons. The monoisotopic (exact) mass is 364 g/mol. The number of hydrogen-bond donors (Lipinski definition) is 2. The molecule has 0 saturated carbocycles. The summed E-state index contributed by atoms with van der Waals surface area (Å²) in [4.78, 5) is 23.4. The van der Waals surface area contributed by atoms with E-state index >= 15 is 0 Å². The van der Waals surface area contributed by atoms with Crippen molar-refractivity contribution in [2.75, 3.05) is 0 Å². The van der Waals surface area contributed by atoms with Gasteiger partial charge in [-0.05, 0) is 24.0 Å². The number of nitrogens with zero attached hydrogens (tertiary/aromatic N) is 2. The van der Waals surface area contributed by atoms with Gasteiger partial charge >= 0.3 is 0 Å². The molecule has 0 spiro atoms. The maximum Gasteiger partial charge on any atom is 0.240 e. The molecule has 2 amide bonds. The minimum Gasteiger partial charge on any atom is -0.273 e. The largest absolute Gasteiger partial charge is 0.273 e. The van der Waals surface area contributed by atoms with E-state index in [1.165, 1.54) is 0 Å². The Kier molecular flexibility index (Phi) is 9.01. The number of carbonyl (C=O) groups is 2. The second kappa shape index (κ2) is 12.1. The number of unbranched alkanes of at least 4 members (excludes halogenated alkanes) is 2. The fourth-order valence-electron chi connectivity index (χ4n) is 2.30. The Morgan fingerprint density at radius 3 is 1.48 bits per heavy atom. The van der Waals surface area contributed by atoms with Crippen LogP contribution in [0.2, 0.25) is 0 Å². The van der Waals surface area contributed by atoms with Gasteiger partial charge in [0.05, 0.1) is 12.4 Å². The summed E-state index contributed by atoms with van der Waals surface area (Å²) in [5.41, 5.74) is 6.87. The molecule has 0 atom stereocenters. The molecule has 27 heavy (non-hydrogen) atoms. The Hall–Kier alpha value is -3.28. The summed E-state index contributed by atoms with van der Waals surface area (Å²) in [5, 5.41) is 7.85. The molecule has 0 aliphatic rings. The second-order valence-corrected chi connectivity index (χ2v) is 5.97. The van der Waals surface area contributed by atoms with Crippen molar-refractivity contribution in [2.24, 2.45) is 10.2 Å². The third kappa shape index (κ3) is 9.11. The Bertz CT molecular complexity index is 693. The molecule has 0 bridgehead atoms. The summed E-state index contributed by atoms with van der Waals surface area (Å²) in [7, 11) is 0. The predicted molar refractivity (Wildman–Crippen MR) is 107 cm³/mol. The van der Waals surface area contributed by atoms with Crippen LogP contribution in [-0.2, 0) is 9.59 Å². The SMILES string of the molecule is O=C(CCCCCC(=O)NN=Cc1ccccc1)NN=Cc1ccccc1. The van der Waals surface area contributed by atoms with E-state index in [1.54, 1.807) is 12.4 Å². The van der Waals surface area contributed by atoms with Crippen molar-refractivity contribution in [2.45, 2.75) is 32.1 Å². The molecule has 0 unspecified atom stereocenters. The average molecular weight is 364 g/mol. The van der Waals surface area contributed by atoms with Crippen LogP contribution in [0, 0.1) is 0 Å². The van der Waals surface area contributed by atoms with Crippen molar-refractivity contribution in [3.63, 3.8) is 0 Å². The Balaban J connectivity index is 1.51. The van der Waals surface area contributed by atoms with Gasteiger partial charge in [-0.3, -0.25) is 9.59 Å². The Morgan fingerprint density at radius 2 is 1.07 bits per heavy atom. The van der Waals surface area contributed by atoms with Gasteiger partial charge in [-0.1, -0.05) is 67.1 Å². The van der Waals surface area contributed by atoms with Gasteiger partial charge < -0.3 is 0 Å². The third-order valence-electron chi connectivity index (χ3n) is 3.71. The molecule has 2 rings (SSSR count). The number of amides is 2. The Morgan fingerprint density at radius 1 is 0.667 bits per heavy atom. The van der Waals surface area contributed by atoms with E-state index in [1.807, 2.05) is 60.7 Å². The lowest BCUT2D eigenvalue weighted by atomic mass is 10.1. The van der Waals surface area contributed by atoms with Crippen LogP contribution in [0.1, 0.15) is 43.2 Å². The lowest BCUT2D eigenvalue weighted by Crippen LogP contribution is -2.18. The number of hydrogen-bond acceptors (Lipinski definition) is 4. The van der Waals surface area contributed by atoms with Gasteiger partial charge in [-0.2, -0.15) is 10.2 Å². The molecule has 2 aromatic rings. The highest BCUT2D eigenvalue weighted by molar-refractivity contribution is 5.83. The number of hydrazone groups is 2. The minimum absolute atomic E-state index is 0.126. The van der Waals surface area contributed by atoms with Gasteiger partial charge in [0.2, 0.25) is 11.8 Å². The van der Waals surface area contributed by atoms with Crippen LogP contribution in [0.5, 0.6) is 0 Å². The standard InChI is InChI=1S/C21H24N4O2/c26-20(24-22-16-18-10-4-1-5-11-18)14-8-3-9-15-21(27)25-23-17-19-12-6-2-7-13-19/h1-2,4-7,10-13,16-17H,3,8-9,14-15H2,(H,24,26)(H,25,27). The highest BCUT2D eigenvalue weighted by Gasteiger charge is 2.02. The highest BCUT2D eigenvalue weighted by atomic mass is 16.2. The van der Waals surface area contributed by atoms with Gasteiger partial charge in [0.15, 0.2) is 0 Å². The lowest BCUT2D eigenvalue weighted by Gasteiger charge is -2.01. The van der Waals surface area contributed by atoms with Crippen molar-refractivity contribution >= 4 is 24.2 Å². The van der Waals surface area contributed by atoms with Crippen molar-refractivity contribution in [3.05, 3.63) is 71.8 Å². The Labute approximate surface area is 159 Å². The van der Waals surface area contributed by atoms with Crippen molar-refractivity contribution < 1.29 is 9.59 Å². The molecular weight excluding hydrogens is 340 g/mol. The normalized spacial score (nSPS) is 11.0. The first-order valence-electron chi connectivity index (χ1n) is 8.98. The molecule has 0 aliphatic heterocycles. The molecule has 0 saturated heterocycles. The lowest BCUT2D eigenvalue weighted by molar-refractivity contribution is -0.121.